The normalized spacial score (nSPS) is 11.8. The monoisotopic (exact) mass is 322 g/mol. The summed E-state index contributed by atoms with van der Waals surface area (Å²) in [5.74, 6) is -1.67. The highest BCUT2D eigenvalue weighted by Crippen LogP contribution is 2.20. The molecule has 22 heavy (non-hydrogen) atoms. The third kappa shape index (κ3) is 4.09. The lowest BCUT2D eigenvalue weighted by molar-refractivity contribution is -0.136. The van der Waals surface area contributed by atoms with Gasteiger partial charge in [-0.1, -0.05) is 17.7 Å². The van der Waals surface area contributed by atoms with Crippen molar-refractivity contribution < 1.29 is 19.1 Å². The van der Waals surface area contributed by atoms with E-state index in [9.17, 15) is 14.7 Å². The van der Waals surface area contributed by atoms with Crippen LogP contribution in [0.5, 0.6) is 0 Å². The molecule has 0 fully saturated rings. The minimum Gasteiger partial charge on any atom is -0.472 e. The van der Waals surface area contributed by atoms with Gasteiger partial charge in [-0.2, -0.15) is 0 Å². The van der Waals surface area contributed by atoms with Gasteiger partial charge >= 0.3 is 11.8 Å². The molecule has 2 rings (SSSR count). The van der Waals surface area contributed by atoms with Gasteiger partial charge < -0.3 is 20.2 Å². The largest absolute Gasteiger partial charge is 0.472 e. The number of halogens is 1. The molecule has 0 bridgehead atoms. The van der Waals surface area contributed by atoms with Crippen LogP contribution in [0.1, 0.15) is 17.2 Å². The summed E-state index contributed by atoms with van der Waals surface area (Å²) in [6.07, 6.45) is 1.84. The molecule has 1 aromatic carbocycles. The molecule has 1 aromatic heterocycles. The van der Waals surface area contributed by atoms with E-state index in [1.54, 1.807) is 31.2 Å². The van der Waals surface area contributed by atoms with Crippen LogP contribution in [0.15, 0.2) is 41.2 Å². The Morgan fingerprint density at radius 2 is 2.09 bits per heavy atom. The molecule has 0 unspecified atom stereocenters. The number of benzene rings is 1. The van der Waals surface area contributed by atoms with E-state index < -0.39 is 17.9 Å². The van der Waals surface area contributed by atoms with Gasteiger partial charge in [0.2, 0.25) is 0 Å². The van der Waals surface area contributed by atoms with Gasteiger partial charge in [-0.25, -0.2) is 0 Å². The summed E-state index contributed by atoms with van der Waals surface area (Å²) >= 11 is 5.85. The van der Waals surface area contributed by atoms with Crippen molar-refractivity contribution in [2.75, 3.05) is 11.9 Å². The van der Waals surface area contributed by atoms with Crippen LogP contribution in [-0.2, 0) is 9.59 Å². The Bertz CT molecular complexity index is 670. The number of carbonyl (C=O) groups is 2. The predicted molar refractivity (Wildman–Crippen MR) is 81.5 cm³/mol. The molecule has 0 saturated carbocycles. The van der Waals surface area contributed by atoms with Crippen molar-refractivity contribution in [3.05, 3.63) is 52.9 Å². The number of amides is 2. The maximum Gasteiger partial charge on any atom is 0.313 e. The van der Waals surface area contributed by atoms with Gasteiger partial charge in [-0.15, -0.1) is 0 Å². The van der Waals surface area contributed by atoms with Crippen LogP contribution in [-0.4, -0.2) is 23.5 Å². The Hall–Kier alpha value is -2.31. The molecule has 0 aliphatic carbocycles. The van der Waals surface area contributed by atoms with Crippen molar-refractivity contribution in [2.24, 2.45) is 0 Å². The van der Waals surface area contributed by atoms with Crippen molar-refractivity contribution in [1.29, 1.82) is 0 Å². The van der Waals surface area contributed by atoms with Crippen LogP contribution in [0.3, 0.4) is 0 Å². The fourth-order valence-corrected chi connectivity index (χ4v) is 1.93. The van der Waals surface area contributed by atoms with Crippen molar-refractivity contribution in [1.82, 2.24) is 5.32 Å². The van der Waals surface area contributed by atoms with Gasteiger partial charge in [0.05, 0.1) is 18.6 Å². The van der Waals surface area contributed by atoms with E-state index in [2.05, 4.69) is 10.6 Å². The number of aliphatic hydroxyl groups is 1. The number of hydrogen-bond donors (Lipinski definition) is 3. The number of aliphatic hydroxyl groups excluding tert-OH is 1. The molecule has 2 aromatic rings. The van der Waals surface area contributed by atoms with Gasteiger partial charge in [0, 0.05) is 22.8 Å². The molecule has 2 amide bonds. The molecule has 1 heterocycles. The third-order valence-corrected chi connectivity index (χ3v) is 3.27. The average molecular weight is 323 g/mol. The van der Waals surface area contributed by atoms with E-state index in [1.165, 1.54) is 12.5 Å². The fourth-order valence-electron chi connectivity index (χ4n) is 1.76. The highest BCUT2D eigenvalue weighted by atomic mass is 35.5. The van der Waals surface area contributed by atoms with E-state index in [1.807, 2.05) is 0 Å². The van der Waals surface area contributed by atoms with Crippen LogP contribution in [0.25, 0.3) is 0 Å². The van der Waals surface area contributed by atoms with Crippen LogP contribution >= 0.6 is 11.6 Å². The summed E-state index contributed by atoms with van der Waals surface area (Å²) in [7, 11) is 0. The van der Waals surface area contributed by atoms with Crippen LogP contribution in [0, 0.1) is 6.92 Å². The lowest BCUT2D eigenvalue weighted by Gasteiger charge is -2.11. The van der Waals surface area contributed by atoms with Crippen LogP contribution < -0.4 is 10.6 Å². The molecule has 0 aliphatic heterocycles. The van der Waals surface area contributed by atoms with E-state index in [-0.39, 0.29) is 6.54 Å². The van der Waals surface area contributed by atoms with Gasteiger partial charge in [-0.3, -0.25) is 9.59 Å². The summed E-state index contributed by atoms with van der Waals surface area (Å²) in [6.45, 7) is 1.69. The summed E-state index contributed by atoms with van der Waals surface area (Å²) in [4.78, 5) is 23.5. The van der Waals surface area contributed by atoms with E-state index in [4.69, 9.17) is 16.0 Å². The van der Waals surface area contributed by atoms with Gasteiger partial charge in [0.15, 0.2) is 0 Å². The first kappa shape index (κ1) is 16.1. The Balaban J connectivity index is 1.89. The Morgan fingerprint density at radius 1 is 1.32 bits per heavy atom. The number of hydrogen-bond acceptors (Lipinski definition) is 4. The number of furan rings is 1. The summed E-state index contributed by atoms with van der Waals surface area (Å²) in [5.41, 5.74) is 1.76. The second kappa shape index (κ2) is 7.11. The van der Waals surface area contributed by atoms with Gasteiger partial charge in [0.1, 0.15) is 0 Å². The molecule has 0 radical (unpaired) electrons. The number of rotatable bonds is 4. The zero-order valence-electron chi connectivity index (χ0n) is 11.8. The topological polar surface area (TPSA) is 91.6 Å². The quantitative estimate of drug-likeness (QED) is 0.751. The lowest BCUT2D eigenvalue weighted by Crippen LogP contribution is -2.37. The Morgan fingerprint density at radius 3 is 2.77 bits per heavy atom. The fraction of sp³-hybridized carbons (Fsp3) is 0.200. The van der Waals surface area contributed by atoms with E-state index >= 15 is 0 Å². The molecule has 7 heteroatoms. The number of anilines is 1. The highest BCUT2D eigenvalue weighted by molar-refractivity contribution is 6.40. The molecule has 0 saturated heterocycles. The van der Waals surface area contributed by atoms with E-state index in [0.29, 0.717) is 16.3 Å². The van der Waals surface area contributed by atoms with E-state index in [0.717, 1.165) is 5.56 Å². The third-order valence-electron chi connectivity index (χ3n) is 3.04. The Kier molecular flexibility index (Phi) is 5.19. The first-order valence-electron chi connectivity index (χ1n) is 6.53. The standard InChI is InChI=1S/C15H15ClN2O4/c1-9-2-3-11(16)6-12(9)18-15(21)14(20)17-7-13(19)10-4-5-22-8-10/h2-6,8,13,19H,7H2,1H3,(H,17,20)(H,18,21)/t13-/m0/s1. The van der Waals surface area contributed by atoms with Crippen molar-refractivity contribution in [3.63, 3.8) is 0 Å². The summed E-state index contributed by atoms with van der Waals surface area (Å²) in [5, 5.41) is 15.1. The predicted octanol–water partition coefficient (Wildman–Crippen LogP) is 2.03. The van der Waals surface area contributed by atoms with Gasteiger partial charge in [0.25, 0.3) is 0 Å². The molecule has 116 valence electrons. The summed E-state index contributed by atoms with van der Waals surface area (Å²) < 4.78 is 4.83. The molecular formula is C15H15ClN2O4. The maximum atomic E-state index is 11.8. The highest BCUT2D eigenvalue weighted by Gasteiger charge is 2.17. The van der Waals surface area contributed by atoms with Crippen molar-refractivity contribution in [2.45, 2.75) is 13.0 Å². The number of aryl methyl sites for hydroxylation is 1. The lowest BCUT2D eigenvalue weighted by atomic mass is 10.2. The van der Waals surface area contributed by atoms with Crippen molar-refractivity contribution in [3.8, 4) is 0 Å². The summed E-state index contributed by atoms with van der Waals surface area (Å²) in [6, 6.07) is 6.56. The van der Waals surface area contributed by atoms with Crippen molar-refractivity contribution >= 4 is 29.1 Å². The van der Waals surface area contributed by atoms with Crippen LogP contribution in [0.2, 0.25) is 5.02 Å². The second-order valence-electron chi connectivity index (χ2n) is 4.70. The number of carbonyl (C=O) groups excluding carboxylic acids is 2. The first-order valence-corrected chi connectivity index (χ1v) is 6.90. The first-order chi connectivity index (χ1) is 10.5. The molecule has 6 nitrogen and oxygen atoms in total. The minimum absolute atomic E-state index is 0.0969. The molecular weight excluding hydrogens is 308 g/mol. The number of nitrogens with one attached hydrogen (secondary N) is 2. The van der Waals surface area contributed by atoms with Crippen LogP contribution in [0.4, 0.5) is 5.69 Å². The van der Waals surface area contributed by atoms with Gasteiger partial charge in [-0.05, 0) is 30.7 Å². The molecule has 1 atom stereocenters. The SMILES string of the molecule is Cc1ccc(Cl)cc1NC(=O)C(=O)NC[C@H](O)c1ccoc1. The zero-order chi connectivity index (χ0) is 16.1. The smallest absolute Gasteiger partial charge is 0.313 e. The maximum absolute atomic E-state index is 11.8. The Labute approximate surface area is 132 Å². The minimum atomic E-state index is -0.941. The zero-order valence-corrected chi connectivity index (χ0v) is 12.6. The molecule has 0 spiro atoms. The average Bonchev–Trinajstić information content (AvgIpc) is 3.02. The second-order valence-corrected chi connectivity index (χ2v) is 5.13. The molecule has 0 aliphatic rings. The molecule has 3 N–H and O–H groups in total.